The lowest BCUT2D eigenvalue weighted by atomic mass is 10.2. The summed E-state index contributed by atoms with van der Waals surface area (Å²) in [5.74, 6) is -3.20. The molecule has 0 saturated carbocycles. The smallest absolute Gasteiger partial charge is 0.239 e. The van der Waals surface area contributed by atoms with Crippen molar-refractivity contribution in [2.24, 2.45) is 0 Å². The van der Waals surface area contributed by atoms with Crippen LogP contribution in [-0.4, -0.2) is 32.2 Å². The fraction of sp³-hybridized carbons (Fsp3) is 0.176. The number of nitrogens with zero attached hydrogens (tertiary/aromatic N) is 2. The number of carbonyl (C=O) groups excluding carboxylic acids is 1. The summed E-state index contributed by atoms with van der Waals surface area (Å²) in [6.45, 7) is -0.488. The Labute approximate surface area is 149 Å². The quantitative estimate of drug-likeness (QED) is 0.833. The number of rotatable bonds is 6. The molecule has 0 saturated heterocycles. The molecule has 0 aliphatic heterocycles. The van der Waals surface area contributed by atoms with Crippen LogP contribution in [0.4, 0.5) is 14.5 Å². The molecule has 2 rings (SSSR count). The van der Waals surface area contributed by atoms with E-state index in [0.717, 1.165) is 16.4 Å². The predicted octanol–water partition coefficient (Wildman–Crippen LogP) is 2.24. The fourth-order valence-corrected chi connectivity index (χ4v) is 3.22. The Bertz CT molecular complexity index is 954. The number of anilines is 1. The number of amides is 1. The number of hydrogen-bond acceptors (Lipinski definition) is 4. The number of hydrogen-bond donors (Lipinski definition) is 1. The van der Waals surface area contributed by atoms with Gasteiger partial charge in [-0.15, -0.1) is 0 Å². The van der Waals surface area contributed by atoms with Gasteiger partial charge in [0.15, 0.2) is 11.6 Å². The van der Waals surface area contributed by atoms with Gasteiger partial charge in [0.2, 0.25) is 15.9 Å². The van der Waals surface area contributed by atoms with E-state index in [9.17, 15) is 22.0 Å². The summed E-state index contributed by atoms with van der Waals surface area (Å²) < 4.78 is 51.5. The van der Waals surface area contributed by atoms with Crippen LogP contribution in [0.1, 0.15) is 11.1 Å². The Morgan fingerprint density at radius 2 is 1.81 bits per heavy atom. The molecule has 0 aromatic heterocycles. The molecule has 2 aromatic rings. The molecule has 2 aromatic carbocycles. The average Bonchev–Trinajstić information content (AvgIpc) is 2.58. The van der Waals surface area contributed by atoms with Crippen molar-refractivity contribution in [2.75, 3.05) is 18.9 Å². The van der Waals surface area contributed by atoms with Crippen LogP contribution in [0.2, 0.25) is 0 Å². The van der Waals surface area contributed by atoms with Crippen molar-refractivity contribution in [1.82, 2.24) is 4.31 Å². The normalized spacial score (nSPS) is 11.2. The lowest BCUT2D eigenvalue weighted by Gasteiger charge is -2.17. The topological polar surface area (TPSA) is 90.3 Å². The second kappa shape index (κ2) is 8.03. The molecule has 1 N–H and O–H groups in total. The largest absolute Gasteiger partial charge is 0.325 e. The monoisotopic (exact) mass is 379 g/mol. The van der Waals surface area contributed by atoms with Gasteiger partial charge in [-0.1, -0.05) is 12.1 Å². The highest BCUT2D eigenvalue weighted by Gasteiger charge is 2.21. The first-order valence-electron chi connectivity index (χ1n) is 7.39. The van der Waals surface area contributed by atoms with Crippen molar-refractivity contribution in [2.45, 2.75) is 5.75 Å². The molecular formula is C17H15F2N3O3S. The van der Waals surface area contributed by atoms with Crippen molar-refractivity contribution in [1.29, 1.82) is 5.26 Å². The first-order chi connectivity index (χ1) is 12.2. The van der Waals surface area contributed by atoms with Crippen LogP contribution >= 0.6 is 0 Å². The van der Waals surface area contributed by atoms with E-state index in [0.29, 0.717) is 11.1 Å². The van der Waals surface area contributed by atoms with Gasteiger partial charge in [-0.25, -0.2) is 17.2 Å². The van der Waals surface area contributed by atoms with E-state index in [1.807, 2.05) is 6.07 Å². The van der Waals surface area contributed by atoms with E-state index in [-0.39, 0.29) is 11.4 Å². The zero-order valence-corrected chi connectivity index (χ0v) is 14.6. The minimum Gasteiger partial charge on any atom is -0.325 e. The summed E-state index contributed by atoms with van der Waals surface area (Å²) in [7, 11) is -2.54. The third-order valence-electron chi connectivity index (χ3n) is 3.48. The molecule has 0 aliphatic rings. The summed E-state index contributed by atoms with van der Waals surface area (Å²) in [5.41, 5.74) is 0.897. The second-order valence-corrected chi connectivity index (χ2v) is 7.57. The molecule has 0 atom stereocenters. The van der Waals surface area contributed by atoms with Crippen molar-refractivity contribution in [3.05, 3.63) is 65.2 Å². The molecule has 0 aliphatic carbocycles. The number of halogens is 2. The summed E-state index contributed by atoms with van der Waals surface area (Å²) in [6.07, 6.45) is 0. The van der Waals surface area contributed by atoms with Crippen LogP contribution < -0.4 is 5.32 Å². The van der Waals surface area contributed by atoms with Gasteiger partial charge in [0, 0.05) is 18.8 Å². The number of benzene rings is 2. The number of nitrogens with one attached hydrogen (secondary N) is 1. The minimum absolute atomic E-state index is 0.0202. The van der Waals surface area contributed by atoms with E-state index < -0.39 is 34.1 Å². The summed E-state index contributed by atoms with van der Waals surface area (Å²) >= 11 is 0. The van der Waals surface area contributed by atoms with Gasteiger partial charge in [0.25, 0.3) is 0 Å². The van der Waals surface area contributed by atoms with Crippen molar-refractivity contribution < 1.29 is 22.0 Å². The first kappa shape index (κ1) is 19.5. The van der Waals surface area contributed by atoms with Crippen molar-refractivity contribution in [3.8, 4) is 6.07 Å². The maximum absolute atomic E-state index is 13.1. The lowest BCUT2D eigenvalue weighted by molar-refractivity contribution is -0.116. The highest BCUT2D eigenvalue weighted by Crippen LogP contribution is 2.14. The van der Waals surface area contributed by atoms with E-state index in [2.05, 4.69) is 5.32 Å². The van der Waals surface area contributed by atoms with E-state index in [1.165, 1.54) is 37.4 Å². The van der Waals surface area contributed by atoms with E-state index in [1.54, 1.807) is 0 Å². The fourth-order valence-electron chi connectivity index (χ4n) is 2.07. The average molecular weight is 379 g/mol. The minimum atomic E-state index is -3.78. The molecule has 9 heteroatoms. The standard InChI is InChI=1S/C17H15F2N3O3S/c1-22(10-17(23)21-14-6-7-15(18)16(19)8-14)26(24,25)11-13-4-2-12(9-20)3-5-13/h2-8H,10-11H2,1H3,(H,21,23). The van der Waals surface area contributed by atoms with Gasteiger partial charge in [0.05, 0.1) is 23.9 Å². The molecule has 1 amide bonds. The van der Waals surface area contributed by atoms with Gasteiger partial charge >= 0.3 is 0 Å². The van der Waals surface area contributed by atoms with Gasteiger partial charge in [-0.3, -0.25) is 4.79 Å². The molecule has 0 unspecified atom stereocenters. The van der Waals surface area contributed by atoms with Crippen LogP contribution in [0.15, 0.2) is 42.5 Å². The maximum atomic E-state index is 13.1. The lowest BCUT2D eigenvalue weighted by Crippen LogP contribution is -2.35. The van der Waals surface area contributed by atoms with Crippen LogP contribution in [-0.2, 0) is 20.6 Å². The summed E-state index contributed by atoms with van der Waals surface area (Å²) in [5, 5.41) is 11.0. The van der Waals surface area contributed by atoms with E-state index in [4.69, 9.17) is 5.26 Å². The van der Waals surface area contributed by atoms with Crippen molar-refractivity contribution in [3.63, 3.8) is 0 Å². The van der Waals surface area contributed by atoms with Gasteiger partial charge in [-0.05, 0) is 29.8 Å². The molecule has 0 bridgehead atoms. The van der Waals surface area contributed by atoms with Crippen LogP contribution in [0, 0.1) is 23.0 Å². The zero-order valence-electron chi connectivity index (χ0n) is 13.7. The third-order valence-corrected chi connectivity index (χ3v) is 5.25. The molecule has 26 heavy (non-hydrogen) atoms. The summed E-state index contributed by atoms with van der Waals surface area (Å²) in [6, 6.07) is 10.8. The predicted molar refractivity (Wildman–Crippen MR) is 91.4 cm³/mol. The Morgan fingerprint density at radius 3 is 2.38 bits per heavy atom. The number of sulfonamides is 1. The highest BCUT2D eigenvalue weighted by molar-refractivity contribution is 7.88. The van der Waals surface area contributed by atoms with E-state index >= 15 is 0 Å². The molecule has 0 heterocycles. The Hall–Kier alpha value is -2.83. The Morgan fingerprint density at radius 1 is 1.15 bits per heavy atom. The Kier molecular flexibility index (Phi) is 6.02. The molecular weight excluding hydrogens is 364 g/mol. The third kappa shape index (κ3) is 5.08. The molecule has 136 valence electrons. The Balaban J connectivity index is 1.99. The SMILES string of the molecule is CN(CC(=O)Nc1ccc(F)c(F)c1)S(=O)(=O)Cc1ccc(C#N)cc1. The first-order valence-corrected chi connectivity index (χ1v) is 9.00. The number of nitriles is 1. The maximum Gasteiger partial charge on any atom is 0.239 e. The van der Waals surface area contributed by atoms with Gasteiger partial charge in [-0.2, -0.15) is 9.57 Å². The molecule has 0 spiro atoms. The number of likely N-dealkylation sites (N-methyl/N-ethyl adjacent to an activating group) is 1. The van der Waals surface area contributed by atoms with Crippen LogP contribution in [0.25, 0.3) is 0 Å². The molecule has 6 nitrogen and oxygen atoms in total. The summed E-state index contributed by atoms with van der Waals surface area (Å²) in [4.78, 5) is 11.9. The molecule has 0 fully saturated rings. The van der Waals surface area contributed by atoms with Crippen molar-refractivity contribution >= 4 is 21.6 Å². The number of carbonyl (C=O) groups is 1. The van der Waals surface area contributed by atoms with Gasteiger partial charge in [0.1, 0.15) is 0 Å². The second-order valence-electron chi connectivity index (χ2n) is 5.50. The van der Waals surface area contributed by atoms with Gasteiger partial charge < -0.3 is 5.32 Å². The molecule has 0 radical (unpaired) electrons. The van der Waals surface area contributed by atoms with Crippen LogP contribution in [0.3, 0.4) is 0 Å². The van der Waals surface area contributed by atoms with Crippen LogP contribution in [0.5, 0.6) is 0 Å². The zero-order chi connectivity index (χ0) is 19.3. The highest BCUT2D eigenvalue weighted by atomic mass is 32.2.